The molecule has 0 bridgehead atoms. The molecule has 0 saturated carbocycles. The Hall–Kier alpha value is -1.56. The molecule has 6 heteroatoms. The second-order valence-corrected chi connectivity index (χ2v) is 5.88. The lowest BCUT2D eigenvalue weighted by molar-refractivity contribution is -0.385. The maximum absolute atomic E-state index is 11.0. The summed E-state index contributed by atoms with van der Waals surface area (Å²) in [5, 5.41) is 19.7. The zero-order valence-corrected chi connectivity index (χ0v) is 10.6. The van der Waals surface area contributed by atoms with Crippen LogP contribution in [-0.4, -0.2) is 20.7 Å². The molecule has 1 aromatic rings. The Bertz CT molecular complexity index is 471. The third kappa shape index (κ3) is 3.45. The summed E-state index contributed by atoms with van der Waals surface area (Å²) in [6.07, 6.45) is 0. The smallest absolute Gasteiger partial charge is 0.319 e. The summed E-state index contributed by atoms with van der Waals surface area (Å²) in [6, 6.07) is 4.59. The van der Waals surface area contributed by atoms with Crippen molar-refractivity contribution in [2.45, 2.75) is 30.4 Å². The SMILES string of the molecule is Cc1cc(SC(C)(C)C(=O)O)cc([N+](=O)[O-])c1. The Labute approximate surface area is 103 Å². The van der Waals surface area contributed by atoms with Gasteiger partial charge in [-0.3, -0.25) is 14.9 Å². The average Bonchev–Trinajstić information content (AvgIpc) is 2.15. The number of aryl methyl sites for hydroxylation is 1. The zero-order valence-electron chi connectivity index (χ0n) is 9.76. The molecule has 0 aliphatic heterocycles. The fourth-order valence-corrected chi connectivity index (χ4v) is 2.33. The van der Waals surface area contributed by atoms with E-state index < -0.39 is 15.6 Å². The number of hydrogen-bond acceptors (Lipinski definition) is 4. The molecule has 0 saturated heterocycles. The monoisotopic (exact) mass is 255 g/mol. The van der Waals surface area contributed by atoms with Crippen LogP contribution in [-0.2, 0) is 4.79 Å². The molecule has 0 spiro atoms. The van der Waals surface area contributed by atoms with Gasteiger partial charge in [-0.05, 0) is 32.4 Å². The van der Waals surface area contributed by atoms with Crippen molar-refractivity contribution in [1.82, 2.24) is 0 Å². The fraction of sp³-hybridized carbons (Fsp3) is 0.364. The highest BCUT2D eigenvalue weighted by molar-refractivity contribution is 8.01. The van der Waals surface area contributed by atoms with E-state index in [1.165, 1.54) is 12.1 Å². The highest BCUT2D eigenvalue weighted by Crippen LogP contribution is 2.35. The summed E-state index contributed by atoms with van der Waals surface area (Å²) in [4.78, 5) is 21.8. The van der Waals surface area contributed by atoms with Crippen molar-refractivity contribution in [2.24, 2.45) is 0 Å². The van der Waals surface area contributed by atoms with Crippen LogP contribution in [0.4, 0.5) is 5.69 Å². The van der Waals surface area contributed by atoms with E-state index in [9.17, 15) is 14.9 Å². The molecule has 1 rings (SSSR count). The van der Waals surface area contributed by atoms with Crippen LogP contribution in [0.2, 0.25) is 0 Å². The van der Waals surface area contributed by atoms with Crippen LogP contribution < -0.4 is 0 Å². The first-order valence-corrected chi connectivity index (χ1v) is 5.72. The van der Waals surface area contributed by atoms with Crippen molar-refractivity contribution >= 4 is 23.4 Å². The van der Waals surface area contributed by atoms with Gasteiger partial charge in [-0.25, -0.2) is 0 Å². The lowest BCUT2D eigenvalue weighted by Gasteiger charge is -2.18. The lowest BCUT2D eigenvalue weighted by atomic mass is 10.2. The van der Waals surface area contributed by atoms with Crippen LogP contribution in [0.15, 0.2) is 23.1 Å². The van der Waals surface area contributed by atoms with Crippen molar-refractivity contribution in [2.75, 3.05) is 0 Å². The number of rotatable bonds is 4. The van der Waals surface area contributed by atoms with Gasteiger partial charge < -0.3 is 5.11 Å². The second-order valence-electron chi connectivity index (χ2n) is 4.18. The molecule has 0 fully saturated rings. The van der Waals surface area contributed by atoms with Gasteiger partial charge in [0, 0.05) is 17.0 Å². The van der Waals surface area contributed by atoms with Gasteiger partial charge in [0.1, 0.15) is 4.75 Å². The van der Waals surface area contributed by atoms with Crippen molar-refractivity contribution in [3.05, 3.63) is 33.9 Å². The Morgan fingerprint density at radius 1 is 1.41 bits per heavy atom. The fourth-order valence-electron chi connectivity index (χ4n) is 1.23. The Kier molecular flexibility index (Phi) is 3.77. The molecule has 0 atom stereocenters. The van der Waals surface area contributed by atoms with E-state index in [1.807, 2.05) is 0 Å². The molecule has 0 amide bonds. The number of nitro benzene ring substituents is 1. The van der Waals surface area contributed by atoms with E-state index in [0.29, 0.717) is 4.90 Å². The van der Waals surface area contributed by atoms with Gasteiger partial charge in [0.05, 0.1) is 4.92 Å². The van der Waals surface area contributed by atoms with Crippen LogP contribution in [0.5, 0.6) is 0 Å². The third-order valence-corrected chi connectivity index (χ3v) is 3.29. The molecular weight excluding hydrogens is 242 g/mol. The molecule has 0 aromatic heterocycles. The van der Waals surface area contributed by atoms with Crippen molar-refractivity contribution < 1.29 is 14.8 Å². The molecule has 0 aliphatic carbocycles. The maximum atomic E-state index is 11.0. The Balaban J connectivity index is 3.07. The number of benzene rings is 1. The standard InChI is InChI=1S/C11H13NO4S/c1-7-4-8(12(15)16)6-9(5-7)17-11(2,3)10(13)14/h4-6H,1-3H3,(H,13,14). The van der Waals surface area contributed by atoms with Gasteiger partial charge in [-0.15, -0.1) is 11.8 Å². The van der Waals surface area contributed by atoms with Crippen molar-refractivity contribution in [3.63, 3.8) is 0 Å². The van der Waals surface area contributed by atoms with Gasteiger partial charge in [0.15, 0.2) is 0 Å². The minimum Gasteiger partial charge on any atom is -0.480 e. The predicted molar refractivity (Wildman–Crippen MR) is 65.4 cm³/mol. The van der Waals surface area contributed by atoms with Gasteiger partial charge in [-0.1, -0.05) is 0 Å². The largest absolute Gasteiger partial charge is 0.480 e. The second kappa shape index (κ2) is 4.75. The molecule has 0 unspecified atom stereocenters. The molecule has 92 valence electrons. The first kappa shape index (κ1) is 13.5. The summed E-state index contributed by atoms with van der Waals surface area (Å²) in [5.41, 5.74) is 0.719. The maximum Gasteiger partial charge on any atom is 0.319 e. The molecule has 0 radical (unpaired) electrons. The number of carboxylic acid groups (broad SMARTS) is 1. The van der Waals surface area contributed by atoms with Gasteiger partial charge in [0.2, 0.25) is 0 Å². The molecule has 0 aliphatic rings. The summed E-state index contributed by atoms with van der Waals surface area (Å²) >= 11 is 1.10. The van der Waals surface area contributed by atoms with Crippen LogP contribution in [0.1, 0.15) is 19.4 Å². The summed E-state index contributed by atoms with van der Waals surface area (Å²) in [7, 11) is 0. The molecule has 0 heterocycles. The highest BCUT2D eigenvalue weighted by atomic mass is 32.2. The topological polar surface area (TPSA) is 80.4 Å². The molecule has 1 aromatic carbocycles. The summed E-state index contributed by atoms with van der Waals surface area (Å²) in [5.74, 6) is -0.952. The highest BCUT2D eigenvalue weighted by Gasteiger charge is 2.29. The summed E-state index contributed by atoms with van der Waals surface area (Å²) < 4.78 is -1.01. The number of carbonyl (C=O) groups is 1. The van der Waals surface area contributed by atoms with E-state index in [4.69, 9.17) is 5.11 Å². The van der Waals surface area contributed by atoms with Gasteiger partial charge >= 0.3 is 5.97 Å². The third-order valence-electron chi connectivity index (χ3n) is 2.13. The van der Waals surface area contributed by atoms with E-state index in [1.54, 1.807) is 26.8 Å². The molecular formula is C11H13NO4S. The minimum absolute atomic E-state index is 0.0197. The molecule has 17 heavy (non-hydrogen) atoms. The number of nitrogens with zero attached hydrogens (tertiary/aromatic N) is 1. The van der Waals surface area contributed by atoms with E-state index in [0.717, 1.165) is 17.3 Å². The molecule has 5 nitrogen and oxygen atoms in total. The first-order valence-electron chi connectivity index (χ1n) is 4.91. The van der Waals surface area contributed by atoms with Crippen LogP contribution in [0, 0.1) is 17.0 Å². The quantitative estimate of drug-likeness (QED) is 0.508. The van der Waals surface area contributed by atoms with Crippen molar-refractivity contribution in [3.8, 4) is 0 Å². The first-order chi connectivity index (χ1) is 7.72. The average molecular weight is 255 g/mol. The van der Waals surface area contributed by atoms with Crippen molar-refractivity contribution in [1.29, 1.82) is 0 Å². The van der Waals surface area contributed by atoms with E-state index in [-0.39, 0.29) is 5.69 Å². The van der Waals surface area contributed by atoms with E-state index in [2.05, 4.69) is 0 Å². The minimum atomic E-state index is -1.01. The van der Waals surface area contributed by atoms with Crippen LogP contribution >= 0.6 is 11.8 Å². The zero-order chi connectivity index (χ0) is 13.2. The molecule has 1 N–H and O–H groups in total. The number of aliphatic carboxylic acids is 1. The summed E-state index contributed by atoms with van der Waals surface area (Å²) in [6.45, 7) is 4.87. The van der Waals surface area contributed by atoms with E-state index >= 15 is 0 Å². The van der Waals surface area contributed by atoms with Gasteiger partial charge in [-0.2, -0.15) is 0 Å². The van der Waals surface area contributed by atoms with Crippen LogP contribution in [0.3, 0.4) is 0 Å². The normalized spacial score (nSPS) is 11.2. The Morgan fingerprint density at radius 3 is 2.47 bits per heavy atom. The Morgan fingerprint density at radius 2 is 2.00 bits per heavy atom. The number of nitro groups is 1. The number of hydrogen-bond donors (Lipinski definition) is 1. The number of carboxylic acids is 1. The number of thioether (sulfide) groups is 1. The van der Waals surface area contributed by atoms with Gasteiger partial charge in [0.25, 0.3) is 5.69 Å². The predicted octanol–water partition coefficient (Wildman–Crippen LogP) is 2.86. The lowest BCUT2D eigenvalue weighted by Crippen LogP contribution is -2.26. The van der Waals surface area contributed by atoms with Crippen LogP contribution in [0.25, 0.3) is 0 Å². The number of non-ortho nitro benzene ring substituents is 1.